The van der Waals surface area contributed by atoms with Crippen LogP contribution in [-0.4, -0.2) is 74.3 Å². The fraction of sp³-hybridized carbons (Fsp3) is 0.393. The lowest BCUT2D eigenvalue weighted by molar-refractivity contribution is -0.142. The third-order valence-electron chi connectivity index (χ3n) is 6.07. The van der Waals surface area contributed by atoms with E-state index < -0.39 is 60.2 Å². The summed E-state index contributed by atoms with van der Waals surface area (Å²) in [7, 11) is 0. The van der Waals surface area contributed by atoms with E-state index in [4.69, 9.17) is 10.8 Å². The van der Waals surface area contributed by atoms with Crippen LogP contribution in [0.5, 0.6) is 11.5 Å². The molecule has 4 unspecified atom stereocenters. The molecule has 3 amide bonds. The number of phenols is 2. The second-order valence-electron chi connectivity index (χ2n) is 10.1. The predicted molar refractivity (Wildman–Crippen MR) is 147 cm³/mol. The number of rotatable bonds is 15. The van der Waals surface area contributed by atoms with E-state index in [0.717, 1.165) is 0 Å². The van der Waals surface area contributed by atoms with Crippen molar-refractivity contribution in [2.24, 2.45) is 11.7 Å². The first-order valence-electron chi connectivity index (χ1n) is 12.9. The Kier molecular flexibility index (Phi) is 12.1. The van der Waals surface area contributed by atoms with Crippen LogP contribution < -0.4 is 21.7 Å². The predicted octanol–water partition coefficient (Wildman–Crippen LogP) is 0.270. The summed E-state index contributed by atoms with van der Waals surface area (Å²) in [6.45, 7) is 3.59. The number of carbonyl (C=O) groups is 5. The number of aliphatic carboxylic acids is 2. The van der Waals surface area contributed by atoms with Crippen molar-refractivity contribution in [3.05, 3.63) is 59.7 Å². The van der Waals surface area contributed by atoms with Crippen molar-refractivity contribution in [1.29, 1.82) is 0 Å². The van der Waals surface area contributed by atoms with Gasteiger partial charge in [-0.1, -0.05) is 38.1 Å². The zero-order chi connectivity index (χ0) is 30.7. The van der Waals surface area contributed by atoms with E-state index in [1.807, 2.05) is 0 Å². The SMILES string of the molecule is CC(C)CC(NC(=O)C(N)CC(=O)O)C(=O)NC(Cc1ccc(O)cc1)C(=O)NC(Cc1ccc(O)cc1)C(=O)O. The van der Waals surface area contributed by atoms with Gasteiger partial charge in [-0.15, -0.1) is 0 Å². The van der Waals surface area contributed by atoms with Gasteiger partial charge in [-0.25, -0.2) is 4.79 Å². The minimum atomic E-state index is -1.40. The number of nitrogens with two attached hydrogens (primary N) is 1. The largest absolute Gasteiger partial charge is 0.508 e. The van der Waals surface area contributed by atoms with E-state index in [1.165, 1.54) is 48.5 Å². The van der Waals surface area contributed by atoms with E-state index in [9.17, 15) is 39.3 Å². The van der Waals surface area contributed by atoms with Gasteiger partial charge in [0.05, 0.1) is 12.5 Å². The van der Waals surface area contributed by atoms with Crippen LogP contribution in [0.4, 0.5) is 0 Å². The second-order valence-corrected chi connectivity index (χ2v) is 10.1. The highest BCUT2D eigenvalue weighted by molar-refractivity contribution is 5.94. The van der Waals surface area contributed by atoms with Gasteiger partial charge in [0.25, 0.3) is 0 Å². The summed E-state index contributed by atoms with van der Waals surface area (Å²) in [6.07, 6.45) is -0.687. The maximum absolute atomic E-state index is 13.4. The van der Waals surface area contributed by atoms with Crippen molar-refractivity contribution in [3.63, 3.8) is 0 Å². The zero-order valence-corrected chi connectivity index (χ0v) is 22.7. The van der Waals surface area contributed by atoms with Crippen LogP contribution in [0.3, 0.4) is 0 Å². The van der Waals surface area contributed by atoms with Gasteiger partial charge in [-0.05, 0) is 47.7 Å². The number of amides is 3. The van der Waals surface area contributed by atoms with Crippen molar-refractivity contribution in [1.82, 2.24) is 16.0 Å². The highest BCUT2D eigenvalue weighted by atomic mass is 16.4. The van der Waals surface area contributed by atoms with Crippen molar-refractivity contribution in [2.75, 3.05) is 0 Å². The highest BCUT2D eigenvalue weighted by Gasteiger charge is 2.31. The Bertz CT molecular complexity index is 1220. The molecule has 13 heteroatoms. The normalized spacial score (nSPS) is 13.9. The number of nitrogens with one attached hydrogen (secondary N) is 3. The highest BCUT2D eigenvalue weighted by Crippen LogP contribution is 2.14. The van der Waals surface area contributed by atoms with Crippen molar-refractivity contribution >= 4 is 29.7 Å². The van der Waals surface area contributed by atoms with Crippen LogP contribution in [0.15, 0.2) is 48.5 Å². The quantitative estimate of drug-likeness (QED) is 0.145. The topological polar surface area (TPSA) is 228 Å². The molecule has 0 bridgehead atoms. The number of aromatic hydroxyl groups is 2. The van der Waals surface area contributed by atoms with E-state index >= 15 is 0 Å². The lowest BCUT2D eigenvalue weighted by Crippen LogP contribution is -2.58. The fourth-order valence-corrected chi connectivity index (χ4v) is 3.95. The van der Waals surface area contributed by atoms with Crippen molar-refractivity contribution in [2.45, 2.75) is 63.7 Å². The third-order valence-corrected chi connectivity index (χ3v) is 6.07. The maximum Gasteiger partial charge on any atom is 0.326 e. The van der Waals surface area contributed by atoms with Crippen molar-refractivity contribution < 1.29 is 44.4 Å². The molecule has 0 aromatic heterocycles. The summed E-state index contributed by atoms with van der Waals surface area (Å²) in [5.74, 6) is -5.14. The summed E-state index contributed by atoms with van der Waals surface area (Å²) in [6, 6.07) is 6.43. The number of carboxylic acids is 2. The van der Waals surface area contributed by atoms with Gasteiger partial charge in [0.1, 0.15) is 29.6 Å². The number of carboxylic acid groups (broad SMARTS) is 2. The second kappa shape index (κ2) is 15.2. The average molecular weight is 573 g/mol. The number of phenolic OH excluding ortho intramolecular Hbond substituents is 2. The van der Waals surface area contributed by atoms with Crippen LogP contribution in [-0.2, 0) is 36.8 Å². The lowest BCUT2D eigenvalue weighted by Gasteiger charge is -2.26. The zero-order valence-electron chi connectivity index (χ0n) is 22.7. The fourth-order valence-electron chi connectivity index (χ4n) is 3.95. The van der Waals surface area contributed by atoms with E-state index in [0.29, 0.717) is 11.1 Å². The third kappa shape index (κ3) is 11.2. The molecule has 9 N–H and O–H groups in total. The molecule has 13 nitrogen and oxygen atoms in total. The van der Waals surface area contributed by atoms with Gasteiger partial charge in [0.2, 0.25) is 17.7 Å². The first-order valence-corrected chi connectivity index (χ1v) is 12.9. The van der Waals surface area contributed by atoms with Crippen LogP contribution in [0, 0.1) is 5.92 Å². The van der Waals surface area contributed by atoms with E-state index in [2.05, 4.69) is 16.0 Å². The van der Waals surface area contributed by atoms with Gasteiger partial charge in [0, 0.05) is 12.8 Å². The molecule has 0 aliphatic rings. The molecule has 0 heterocycles. The van der Waals surface area contributed by atoms with Gasteiger partial charge in [-0.2, -0.15) is 0 Å². The minimum Gasteiger partial charge on any atom is -0.508 e. The van der Waals surface area contributed by atoms with Crippen LogP contribution >= 0.6 is 0 Å². The molecule has 0 saturated carbocycles. The molecule has 2 aromatic rings. The summed E-state index contributed by atoms with van der Waals surface area (Å²) in [5.41, 5.74) is 6.71. The van der Waals surface area contributed by atoms with Crippen molar-refractivity contribution in [3.8, 4) is 11.5 Å². The van der Waals surface area contributed by atoms with Gasteiger partial charge in [-0.3, -0.25) is 19.2 Å². The van der Waals surface area contributed by atoms with Crippen LogP contribution in [0.2, 0.25) is 0 Å². The smallest absolute Gasteiger partial charge is 0.326 e. The number of benzene rings is 2. The molecule has 0 aliphatic heterocycles. The lowest BCUT2D eigenvalue weighted by atomic mass is 10.00. The Balaban J connectivity index is 2.28. The Morgan fingerprint density at radius 1 is 0.683 bits per heavy atom. The monoisotopic (exact) mass is 572 g/mol. The summed E-state index contributed by atoms with van der Waals surface area (Å²) >= 11 is 0. The molecular weight excluding hydrogens is 536 g/mol. The van der Waals surface area contributed by atoms with E-state index in [1.54, 1.807) is 13.8 Å². The molecule has 2 rings (SSSR count). The minimum absolute atomic E-state index is 0.00621. The molecule has 0 fully saturated rings. The first-order chi connectivity index (χ1) is 19.2. The van der Waals surface area contributed by atoms with Crippen LogP contribution in [0.25, 0.3) is 0 Å². The maximum atomic E-state index is 13.4. The molecule has 0 radical (unpaired) electrons. The Hall–Kier alpha value is -4.65. The van der Waals surface area contributed by atoms with E-state index in [-0.39, 0.29) is 36.7 Å². The number of carbonyl (C=O) groups excluding carboxylic acids is 3. The first kappa shape index (κ1) is 32.6. The summed E-state index contributed by atoms with van der Waals surface area (Å²) in [4.78, 5) is 62.0. The van der Waals surface area contributed by atoms with Gasteiger partial charge in [0.15, 0.2) is 0 Å². The standard InChI is InChI=1S/C28H36N4O9/c1-15(2)11-21(30-25(37)20(29)14-24(35)36)26(38)31-22(12-16-3-7-18(33)8-4-16)27(39)32-23(28(40)41)13-17-5-9-19(34)10-6-17/h3-10,15,20-23,33-34H,11-14,29H2,1-2H3,(H,30,37)(H,31,38)(H,32,39)(H,35,36)(H,40,41). The number of hydrogen-bond donors (Lipinski definition) is 8. The summed E-state index contributed by atoms with van der Waals surface area (Å²) < 4.78 is 0. The van der Waals surface area contributed by atoms with Crippen LogP contribution in [0.1, 0.15) is 37.8 Å². The van der Waals surface area contributed by atoms with Gasteiger partial charge >= 0.3 is 11.9 Å². The Morgan fingerprint density at radius 3 is 1.54 bits per heavy atom. The Morgan fingerprint density at radius 2 is 1.10 bits per heavy atom. The molecule has 0 spiro atoms. The molecule has 2 aromatic carbocycles. The molecule has 41 heavy (non-hydrogen) atoms. The molecular formula is C28H36N4O9. The molecule has 0 saturated heterocycles. The molecule has 4 atom stereocenters. The molecule has 0 aliphatic carbocycles. The average Bonchev–Trinajstić information content (AvgIpc) is 2.89. The Labute approximate surface area is 236 Å². The molecule has 222 valence electrons. The van der Waals surface area contributed by atoms with Gasteiger partial charge < -0.3 is 42.1 Å². The summed E-state index contributed by atoms with van der Waals surface area (Å²) in [5, 5.41) is 45.2. The number of hydrogen-bond acceptors (Lipinski definition) is 8.